The summed E-state index contributed by atoms with van der Waals surface area (Å²) in [5.74, 6) is -0.264. The van der Waals surface area contributed by atoms with E-state index in [1.807, 2.05) is 6.92 Å². The quantitative estimate of drug-likeness (QED) is 0.226. The maximum atomic E-state index is 12.5. The molecule has 12 heteroatoms. The number of aromatic nitrogens is 3. The molecule has 1 atom stereocenters. The van der Waals surface area contributed by atoms with Crippen LogP contribution in [0.3, 0.4) is 0 Å². The molecule has 0 saturated heterocycles. The standard InChI is InChI=1S/C22H24N6O5S/c1-3-27-20(18(12-29)24-21(31)15-7-5-4-6-8-15)25-26-22(27)34-13-19(30)23-17-10-9-16(28(32)33)11-14(17)2/h4-11,18,29H,3,12-13H2,1-2H3,(H,23,30)(H,24,31)/t18-/m1/s1. The molecule has 178 valence electrons. The predicted molar refractivity (Wildman–Crippen MR) is 127 cm³/mol. The molecule has 0 aliphatic heterocycles. The van der Waals surface area contributed by atoms with E-state index in [0.29, 0.717) is 34.3 Å². The number of amides is 2. The van der Waals surface area contributed by atoms with Gasteiger partial charge in [0.25, 0.3) is 11.6 Å². The van der Waals surface area contributed by atoms with Gasteiger partial charge < -0.3 is 20.3 Å². The van der Waals surface area contributed by atoms with Gasteiger partial charge in [-0.15, -0.1) is 10.2 Å². The second-order valence-electron chi connectivity index (χ2n) is 7.25. The van der Waals surface area contributed by atoms with Crippen molar-refractivity contribution < 1.29 is 19.6 Å². The number of non-ortho nitro benzene ring substituents is 1. The second-order valence-corrected chi connectivity index (χ2v) is 8.20. The number of anilines is 1. The molecule has 0 bridgehead atoms. The van der Waals surface area contributed by atoms with Crippen molar-refractivity contribution >= 4 is 35.0 Å². The van der Waals surface area contributed by atoms with Gasteiger partial charge in [0.15, 0.2) is 11.0 Å². The van der Waals surface area contributed by atoms with E-state index < -0.39 is 11.0 Å². The van der Waals surface area contributed by atoms with Crippen LogP contribution in [-0.2, 0) is 11.3 Å². The van der Waals surface area contributed by atoms with Crippen molar-refractivity contribution in [3.05, 3.63) is 75.6 Å². The fourth-order valence-corrected chi connectivity index (χ4v) is 4.01. The van der Waals surface area contributed by atoms with E-state index in [1.54, 1.807) is 41.8 Å². The molecule has 2 aromatic carbocycles. The number of nitrogens with zero attached hydrogens (tertiary/aromatic N) is 4. The molecule has 3 rings (SSSR count). The Bertz CT molecular complexity index is 1180. The van der Waals surface area contributed by atoms with Crippen LogP contribution in [0.25, 0.3) is 0 Å². The van der Waals surface area contributed by atoms with Crippen molar-refractivity contribution in [1.82, 2.24) is 20.1 Å². The fourth-order valence-electron chi connectivity index (χ4n) is 3.20. The van der Waals surface area contributed by atoms with Crippen molar-refractivity contribution in [2.45, 2.75) is 31.6 Å². The van der Waals surface area contributed by atoms with Crippen LogP contribution in [0.4, 0.5) is 11.4 Å². The van der Waals surface area contributed by atoms with Crippen molar-refractivity contribution in [3.8, 4) is 0 Å². The Morgan fingerprint density at radius 1 is 1.21 bits per heavy atom. The molecule has 3 aromatic rings. The van der Waals surface area contributed by atoms with E-state index >= 15 is 0 Å². The molecule has 0 aliphatic rings. The number of aliphatic hydroxyl groups excluding tert-OH is 1. The van der Waals surface area contributed by atoms with Crippen LogP contribution >= 0.6 is 11.8 Å². The number of aryl methyl sites for hydroxylation is 1. The van der Waals surface area contributed by atoms with E-state index in [2.05, 4.69) is 20.8 Å². The maximum absolute atomic E-state index is 12.5. The second kappa shape index (κ2) is 11.4. The van der Waals surface area contributed by atoms with Crippen LogP contribution in [0.2, 0.25) is 0 Å². The normalized spacial score (nSPS) is 11.6. The highest BCUT2D eigenvalue weighted by molar-refractivity contribution is 7.99. The van der Waals surface area contributed by atoms with Crippen molar-refractivity contribution in [1.29, 1.82) is 0 Å². The van der Waals surface area contributed by atoms with Crippen LogP contribution in [0.15, 0.2) is 53.7 Å². The summed E-state index contributed by atoms with van der Waals surface area (Å²) in [7, 11) is 0. The minimum Gasteiger partial charge on any atom is -0.394 e. The van der Waals surface area contributed by atoms with Crippen LogP contribution in [0.5, 0.6) is 0 Å². The topological polar surface area (TPSA) is 152 Å². The number of benzene rings is 2. The predicted octanol–water partition coefficient (Wildman–Crippen LogP) is 2.71. The summed E-state index contributed by atoms with van der Waals surface area (Å²) in [6, 6.07) is 12.1. The van der Waals surface area contributed by atoms with Crippen LogP contribution in [0.1, 0.15) is 34.7 Å². The number of thioether (sulfide) groups is 1. The van der Waals surface area contributed by atoms with Crippen molar-refractivity contribution in [2.75, 3.05) is 17.7 Å². The molecule has 2 amide bonds. The zero-order valence-electron chi connectivity index (χ0n) is 18.6. The number of aliphatic hydroxyl groups is 1. The van der Waals surface area contributed by atoms with Gasteiger partial charge in [-0.1, -0.05) is 30.0 Å². The van der Waals surface area contributed by atoms with Gasteiger partial charge in [-0.3, -0.25) is 19.7 Å². The summed E-state index contributed by atoms with van der Waals surface area (Å²) in [5, 5.41) is 34.9. The highest BCUT2D eigenvalue weighted by Crippen LogP contribution is 2.23. The van der Waals surface area contributed by atoms with Gasteiger partial charge >= 0.3 is 0 Å². The molecular weight excluding hydrogens is 460 g/mol. The molecule has 0 spiro atoms. The highest BCUT2D eigenvalue weighted by Gasteiger charge is 2.23. The monoisotopic (exact) mass is 484 g/mol. The number of nitrogens with one attached hydrogen (secondary N) is 2. The van der Waals surface area contributed by atoms with Crippen LogP contribution < -0.4 is 10.6 Å². The molecule has 1 heterocycles. The number of nitro groups is 1. The fraction of sp³-hybridized carbons (Fsp3) is 0.273. The van der Waals surface area contributed by atoms with Gasteiger partial charge in [-0.05, 0) is 37.6 Å². The molecule has 0 aliphatic carbocycles. The third-order valence-corrected chi connectivity index (χ3v) is 5.89. The Morgan fingerprint density at radius 2 is 1.94 bits per heavy atom. The minimum atomic E-state index is -0.772. The first kappa shape index (κ1) is 24.9. The largest absolute Gasteiger partial charge is 0.394 e. The molecule has 0 fully saturated rings. The van der Waals surface area contributed by atoms with E-state index in [-0.39, 0.29) is 29.9 Å². The zero-order chi connectivity index (χ0) is 24.7. The number of hydrogen-bond acceptors (Lipinski definition) is 8. The van der Waals surface area contributed by atoms with Gasteiger partial charge in [0.05, 0.1) is 17.3 Å². The minimum absolute atomic E-state index is 0.0225. The van der Waals surface area contributed by atoms with E-state index in [1.165, 1.54) is 18.2 Å². The SMILES string of the molecule is CCn1c(SCC(=O)Nc2ccc([N+](=O)[O-])cc2C)nnc1[C@@H](CO)NC(=O)c1ccccc1. The van der Waals surface area contributed by atoms with Gasteiger partial charge in [0.2, 0.25) is 5.91 Å². The maximum Gasteiger partial charge on any atom is 0.269 e. The highest BCUT2D eigenvalue weighted by atomic mass is 32.2. The first-order valence-electron chi connectivity index (χ1n) is 10.4. The molecule has 0 saturated carbocycles. The molecular formula is C22H24N6O5S. The lowest BCUT2D eigenvalue weighted by molar-refractivity contribution is -0.384. The average Bonchev–Trinajstić information content (AvgIpc) is 3.25. The summed E-state index contributed by atoms with van der Waals surface area (Å²) in [4.78, 5) is 35.3. The Hall–Kier alpha value is -3.77. The first-order valence-corrected chi connectivity index (χ1v) is 11.4. The Kier molecular flexibility index (Phi) is 8.33. The Morgan fingerprint density at radius 3 is 2.56 bits per heavy atom. The summed E-state index contributed by atoms with van der Waals surface area (Å²) in [6.45, 7) is 3.63. The number of carbonyl (C=O) groups is 2. The van der Waals surface area contributed by atoms with E-state index in [9.17, 15) is 24.8 Å². The average molecular weight is 485 g/mol. The number of rotatable bonds is 10. The third-order valence-electron chi connectivity index (χ3n) is 4.92. The smallest absolute Gasteiger partial charge is 0.269 e. The lowest BCUT2D eigenvalue weighted by Crippen LogP contribution is -2.32. The molecule has 0 radical (unpaired) electrons. The summed E-state index contributed by atoms with van der Waals surface area (Å²) in [6.07, 6.45) is 0. The first-order chi connectivity index (χ1) is 16.3. The van der Waals surface area contributed by atoms with E-state index in [4.69, 9.17) is 0 Å². The Balaban J connectivity index is 1.66. The summed E-state index contributed by atoms with van der Waals surface area (Å²) >= 11 is 1.15. The van der Waals surface area contributed by atoms with Gasteiger partial charge in [0.1, 0.15) is 6.04 Å². The van der Waals surface area contributed by atoms with Gasteiger partial charge in [0, 0.05) is 29.9 Å². The van der Waals surface area contributed by atoms with Crippen LogP contribution in [-0.4, -0.2) is 49.0 Å². The molecule has 34 heavy (non-hydrogen) atoms. The van der Waals surface area contributed by atoms with Gasteiger partial charge in [-0.25, -0.2) is 0 Å². The number of nitro benzene ring substituents is 1. The summed E-state index contributed by atoms with van der Waals surface area (Å²) in [5.41, 5.74) is 1.46. The summed E-state index contributed by atoms with van der Waals surface area (Å²) < 4.78 is 1.72. The van der Waals surface area contributed by atoms with E-state index in [0.717, 1.165) is 11.8 Å². The molecule has 3 N–H and O–H groups in total. The van der Waals surface area contributed by atoms with Crippen molar-refractivity contribution in [2.24, 2.45) is 0 Å². The number of carbonyl (C=O) groups excluding carboxylic acids is 2. The third kappa shape index (κ3) is 5.97. The van der Waals surface area contributed by atoms with Crippen LogP contribution in [0, 0.1) is 17.0 Å². The van der Waals surface area contributed by atoms with Gasteiger partial charge in [-0.2, -0.15) is 0 Å². The Labute approximate surface area is 199 Å². The molecule has 1 aromatic heterocycles. The zero-order valence-corrected chi connectivity index (χ0v) is 19.4. The molecule has 0 unspecified atom stereocenters. The lowest BCUT2D eigenvalue weighted by Gasteiger charge is -2.17. The molecule has 11 nitrogen and oxygen atoms in total. The number of hydrogen-bond donors (Lipinski definition) is 3. The lowest BCUT2D eigenvalue weighted by atomic mass is 10.2. The van der Waals surface area contributed by atoms with Crippen molar-refractivity contribution in [3.63, 3.8) is 0 Å².